The van der Waals surface area contributed by atoms with Crippen LogP contribution in [0.15, 0.2) is 36.2 Å². The molecular formula is C20H26N4O. The molecule has 2 heterocycles. The van der Waals surface area contributed by atoms with Crippen molar-refractivity contribution in [2.45, 2.75) is 32.2 Å². The van der Waals surface area contributed by atoms with Crippen LogP contribution in [-0.2, 0) is 6.42 Å². The van der Waals surface area contributed by atoms with Gasteiger partial charge in [-0.3, -0.25) is 4.90 Å². The summed E-state index contributed by atoms with van der Waals surface area (Å²) in [5.41, 5.74) is 4.99. The molecule has 0 saturated carbocycles. The van der Waals surface area contributed by atoms with E-state index in [1.165, 1.54) is 22.0 Å². The molecule has 2 aromatic rings. The molecule has 25 heavy (non-hydrogen) atoms. The Hall–Kier alpha value is -2.27. The van der Waals surface area contributed by atoms with Gasteiger partial charge in [0.2, 0.25) is 0 Å². The van der Waals surface area contributed by atoms with Crippen molar-refractivity contribution in [3.05, 3.63) is 47.3 Å². The summed E-state index contributed by atoms with van der Waals surface area (Å²) in [6, 6.07) is 6.94. The minimum absolute atomic E-state index is 0.000508. The zero-order valence-electron chi connectivity index (χ0n) is 15.2. The van der Waals surface area contributed by atoms with Gasteiger partial charge in [0.25, 0.3) is 0 Å². The van der Waals surface area contributed by atoms with Crippen LogP contribution in [0.4, 0.5) is 4.79 Å². The maximum Gasteiger partial charge on any atom is 0.321 e. The molecule has 0 saturated heterocycles. The van der Waals surface area contributed by atoms with Gasteiger partial charge in [-0.25, -0.2) is 4.79 Å². The molecule has 2 amide bonds. The minimum atomic E-state index is -0.000508. The quantitative estimate of drug-likeness (QED) is 0.904. The van der Waals surface area contributed by atoms with E-state index in [0.717, 1.165) is 31.8 Å². The van der Waals surface area contributed by atoms with E-state index in [9.17, 15) is 4.79 Å². The van der Waals surface area contributed by atoms with Crippen LogP contribution < -0.4 is 5.32 Å². The van der Waals surface area contributed by atoms with Crippen molar-refractivity contribution in [1.82, 2.24) is 20.1 Å². The molecule has 1 aliphatic heterocycles. The molecule has 5 nitrogen and oxygen atoms in total. The first-order valence-electron chi connectivity index (χ1n) is 9.18. The van der Waals surface area contributed by atoms with Gasteiger partial charge in [-0.1, -0.05) is 18.2 Å². The lowest BCUT2D eigenvalue weighted by Crippen LogP contribution is -2.48. The van der Waals surface area contributed by atoms with Crippen molar-refractivity contribution in [1.29, 1.82) is 0 Å². The number of aromatic nitrogens is 1. The highest BCUT2D eigenvalue weighted by atomic mass is 16.2. The first kappa shape index (κ1) is 16.2. The fourth-order valence-electron chi connectivity index (χ4n) is 4.38. The molecule has 2 aliphatic rings. The highest BCUT2D eigenvalue weighted by Crippen LogP contribution is 2.41. The van der Waals surface area contributed by atoms with E-state index in [-0.39, 0.29) is 6.03 Å². The first-order valence-corrected chi connectivity index (χ1v) is 9.18. The smallest absolute Gasteiger partial charge is 0.321 e. The molecule has 2 unspecified atom stereocenters. The van der Waals surface area contributed by atoms with Gasteiger partial charge >= 0.3 is 6.03 Å². The number of hydrogen-bond acceptors (Lipinski definition) is 2. The Morgan fingerprint density at radius 2 is 2.16 bits per heavy atom. The van der Waals surface area contributed by atoms with Crippen molar-refractivity contribution in [2.24, 2.45) is 0 Å². The number of nitrogens with zero attached hydrogens (tertiary/aromatic N) is 2. The predicted molar refractivity (Wildman–Crippen MR) is 101 cm³/mol. The van der Waals surface area contributed by atoms with Crippen molar-refractivity contribution in [3.63, 3.8) is 0 Å². The highest BCUT2D eigenvalue weighted by Gasteiger charge is 2.36. The van der Waals surface area contributed by atoms with E-state index >= 15 is 0 Å². The number of carbonyl (C=O) groups is 1. The Morgan fingerprint density at radius 1 is 1.36 bits per heavy atom. The molecule has 5 heteroatoms. The summed E-state index contributed by atoms with van der Waals surface area (Å²) < 4.78 is 0. The summed E-state index contributed by atoms with van der Waals surface area (Å²) >= 11 is 0. The third-order valence-corrected chi connectivity index (χ3v) is 5.71. The van der Waals surface area contributed by atoms with Crippen LogP contribution in [0.3, 0.4) is 0 Å². The van der Waals surface area contributed by atoms with Crippen LogP contribution in [-0.4, -0.2) is 53.5 Å². The summed E-state index contributed by atoms with van der Waals surface area (Å²) in [5.74, 6) is 0.317. The molecule has 0 spiro atoms. The van der Waals surface area contributed by atoms with Crippen LogP contribution in [0.1, 0.15) is 30.9 Å². The molecule has 1 aromatic heterocycles. The minimum Gasteiger partial charge on any atom is -0.361 e. The van der Waals surface area contributed by atoms with E-state index in [1.807, 2.05) is 18.7 Å². The average molecular weight is 338 g/mol. The SMILES string of the molecule is CCN(CC)C(=O)NC1=CC2c3cccc4[nH]cc(c34)CC2N(C)C1. The van der Waals surface area contributed by atoms with Crippen LogP contribution in [0, 0.1) is 0 Å². The summed E-state index contributed by atoms with van der Waals surface area (Å²) in [4.78, 5) is 20.0. The summed E-state index contributed by atoms with van der Waals surface area (Å²) in [7, 11) is 2.16. The number of likely N-dealkylation sites (N-methyl/N-ethyl adjacent to an activating group) is 1. The van der Waals surface area contributed by atoms with Gasteiger partial charge in [-0.2, -0.15) is 0 Å². The Labute approximate surface area is 148 Å². The second-order valence-corrected chi connectivity index (χ2v) is 7.09. The fourth-order valence-corrected chi connectivity index (χ4v) is 4.38. The van der Waals surface area contributed by atoms with Crippen molar-refractivity contribution < 1.29 is 4.79 Å². The molecule has 0 radical (unpaired) electrons. The van der Waals surface area contributed by atoms with E-state index in [0.29, 0.717) is 12.0 Å². The Balaban J connectivity index is 1.69. The average Bonchev–Trinajstić information content (AvgIpc) is 3.02. The van der Waals surface area contributed by atoms with E-state index in [4.69, 9.17) is 0 Å². The summed E-state index contributed by atoms with van der Waals surface area (Å²) in [6.45, 7) is 6.25. The van der Waals surface area contributed by atoms with Gasteiger partial charge in [0, 0.05) is 54.4 Å². The van der Waals surface area contributed by atoms with Gasteiger partial charge in [0.15, 0.2) is 0 Å². The molecule has 1 aromatic carbocycles. The number of nitrogens with one attached hydrogen (secondary N) is 2. The second kappa shape index (κ2) is 6.23. The van der Waals surface area contributed by atoms with Gasteiger partial charge in [0.05, 0.1) is 0 Å². The van der Waals surface area contributed by atoms with Gasteiger partial charge in [-0.05, 0) is 44.5 Å². The summed E-state index contributed by atoms with van der Waals surface area (Å²) in [6.07, 6.45) is 5.47. The number of H-pyrrole nitrogens is 1. The number of amides is 2. The lowest BCUT2D eigenvalue weighted by molar-refractivity contribution is 0.196. The topological polar surface area (TPSA) is 51.4 Å². The molecule has 4 rings (SSSR count). The van der Waals surface area contributed by atoms with Crippen LogP contribution in [0.5, 0.6) is 0 Å². The summed E-state index contributed by atoms with van der Waals surface area (Å²) in [5, 5.41) is 4.50. The van der Waals surface area contributed by atoms with Gasteiger partial charge in [0.1, 0.15) is 0 Å². The maximum absolute atomic E-state index is 12.4. The van der Waals surface area contributed by atoms with Gasteiger partial charge in [-0.15, -0.1) is 0 Å². The standard InChI is InChI=1S/C20H26N4O/c1-4-24(5-2)20(25)22-14-10-16-15-7-6-8-17-19(15)13(11-21-17)9-18(16)23(3)12-14/h6-8,10-11,16,18,21H,4-5,9,12H2,1-3H3,(H,22,25). The van der Waals surface area contributed by atoms with Gasteiger partial charge < -0.3 is 15.2 Å². The zero-order chi connectivity index (χ0) is 17.6. The van der Waals surface area contributed by atoms with Crippen LogP contribution in [0.2, 0.25) is 0 Å². The number of urea groups is 1. The molecule has 2 N–H and O–H groups in total. The lowest BCUT2D eigenvalue weighted by Gasteiger charge is -2.41. The first-order chi connectivity index (χ1) is 12.1. The Bertz CT molecular complexity index is 833. The predicted octanol–water partition coefficient (Wildman–Crippen LogP) is 3.06. The number of carbonyl (C=O) groups excluding carboxylic acids is 1. The van der Waals surface area contributed by atoms with Crippen LogP contribution >= 0.6 is 0 Å². The van der Waals surface area contributed by atoms with Crippen molar-refractivity contribution >= 4 is 16.9 Å². The number of hydrogen-bond donors (Lipinski definition) is 2. The number of rotatable bonds is 3. The molecule has 2 atom stereocenters. The highest BCUT2D eigenvalue weighted by molar-refractivity contribution is 5.88. The van der Waals surface area contributed by atoms with Crippen molar-refractivity contribution in [2.75, 3.05) is 26.7 Å². The molecule has 1 aliphatic carbocycles. The largest absolute Gasteiger partial charge is 0.361 e. The van der Waals surface area contributed by atoms with Crippen molar-refractivity contribution in [3.8, 4) is 0 Å². The Morgan fingerprint density at radius 3 is 2.92 bits per heavy atom. The fraction of sp³-hybridized carbons (Fsp3) is 0.450. The lowest BCUT2D eigenvalue weighted by atomic mass is 9.77. The van der Waals surface area contributed by atoms with E-state index < -0.39 is 0 Å². The third-order valence-electron chi connectivity index (χ3n) is 5.71. The monoisotopic (exact) mass is 338 g/mol. The van der Waals surface area contributed by atoms with Crippen LogP contribution in [0.25, 0.3) is 10.9 Å². The van der Waals surface area contributed by atoms with E-state index in [1.54, 1.807) is 0 Å². The zero-order valence-corrected chi connectivity index (χ0v) is 15.2. The second-order valence-electron chi connectivity index (χ2n) is 7.09. The number of fused-ring (bicyclic) bond motifs is 2. The number of benzene rings is 1. The maximum atomic E-state index is 12.4. The number of aromatic amines is 1. The molecule has 132 valence electrons. The Kier molecular flexibility index (Phi) is 4.04. The molecule has 0 fully saturated rings. The van der Waals surface area contributed by atoms with E-state index in [2.05, 4.69) is 52.7 Å². The third kappa shape index (κ3) is 2.63. The molecular weight excluding hydrogens is 312 g/mol. The normalized spacial score (nSPS) is 22.4. The molecule has 0 bridgehead atoms.